The molecule has 0 spiro atoms. The van der Waals surface area contributed by atoms with Crippen molar-refractivity contribution in [2.24, 2.45) is 0 Å². The van der Waals surface area contributed by atoms with Crippen molar-refractivity contribution in [3.8, 4) is 0 Å². The maximum atomic E-state index is 7.94. The fraction of sp³-hybridized carbons (Fsp3) is 1.00. The monoisotopic (exact) mass is 1260 g/mol. The van der Waals surface area contributed by atoms with Crippen molar-refractivity contribution in [2.45, 2.75) is 74.3 Å². The van der Waals surface area contributed by atoms with Crippen molar-refractivity contribution in [3.63, 3.8) is 0 Å². The summed E-state index contributed by atoms with van der Waals surface area (Å²) in [5.74, 6) is 0. The summed E-state index contributed by atoms with van der Waals surface area (Å²) in [5.41, 5.74) is 0. The second kappa shape index (κ2) is 216. The van der Waals surface area contributed by atoms with Crippen LogP contribution >= 0.6 is 0 Å². The van der Waals surface area contributed by atoms with Crippen LogP contribution in [0.1, 0.15) is 74.3 Å². The van der Waals surface area contributed by atoms with Crippen molar-refractivity contribution in [2.75, 3.05) is 94.5 Å². The van der Waals surface area contributed by atoms with Crippen LogP contribution in [0.25, 0.3) is 0 Å². The Balaban J connectivity index is -0.00000000641. The van der Waals surface area contributed by atoms with Crippen LogP contribution in [0, 0.1) is 0 Å². The second-order valence-corrected chi connectivity index (χ2v) is 3.31. The molecule has 0 amide bonds. The Labute approximate surface area is 300 Å². The third-order valence-corrected chi connectivity index (χ3v) is 1.28. The van der Waals surface area contributed by atoms with Gasteiger partial charge >= 0.3 is 0 Å². The first-order chi connectivity index (χ1) is 11.6. The van der Waals surface area contributed by atoms with Crippen LogP contribution in [-0.4, -0.2) is 125 Å². The molecule has 6 N–H and O–H groups in total. The topological polar surface area (TPSA) is 158 Å². The molecule has 0 unspecified atom stereocenters. The smallest absolute Gasteiger partial charge is 0.0693 e. The Morgan fingerprint density at radius 2 is 0.395 bits per heavy atom. The van der Waals surface area contributed by atoms with Gasteiger partial charge in [0.25, 0.3) is 0 Å². The third kappa shape index (κ3) is 415. The fourth-order valence-electron chi connectivity index (χ4n) is 0.365. The first kappa shape index (κ1) is 137. The van der Waals surface area contributed by atoms with Crippen molar-refractivity contribution < 1.29 is 134 Å². The van der Waals surface area contributed by atoms with Gasteiger partial charge in [-0.1, -0.05) is 74.3 Å². The molecule has 0 aliphatic carbocycles. The van der Waals surface area contributed by atoms with Crippen molar-refractivity contribution >= 4 is 0 Å². The molecule has 0 aliphatic rings. The van der Waals surface area contributed by atoms with Gasteiger partial charge < -0.3 is 49.6 Å². The molecule has 38 heavy (non-hydrogen) atoms. The molecule has 0 bridgehead atoms. The van der Waals surface area contributed by atoms with Crippen molar-refractivity contribution in [1.82, 2.24) is 0 Å². The molecule has 0 saturated carbocycles. The van der Waals surface area contributed by atoms with Gasteiger partial charge in [-0.15, -0.1) is 0 Å². The molecule has 0 aromatic heterocycles. The maximum Gasteiger partial charge on any atom is 0.0693 e. The van der Waals surface area contributed by atoms with Crippen LogP contribution in [-0.2, 0) is 103 Å². The number of ether oxygens (including phenoxy) is 4. The van der Waals surface area contributed by atoms with E-state index in [2.05, 4.69) is 18.9 Å². The molecule has 0 radical (unpaired) electrons. The Bertz CT molecular complexity index is 121. The Morgan fingerprint density at radius 1 is 0.289 bits per heavy atom. The van der Waals surface area contributed by atoms with E-state index in [0.29, 0.717) is 26.4 Å². The van der Waals surface area contributed by atoms with E-state index in [1.54, 1.807) is 28.4 Å². The zero-order valence-corrected chi connectivity index (χ0v) is 28.8. The average molecular weight is 1260 g/mol. The van der Waals surface area contributed by atoms with Crippen molar-refractivity contribution in [3.05, 3.63) is 0 Å². The van der Waals surface area contributed by atoms with Crippen LogP contribution in [0.3, 0.4) is 0 Å². The van der Waals surface area contributed by atoms with Crippen LogP contribution in [0.5, 0.6) is 0 Å². The normalized spacial score (nSPS) is 5.21. The third-order valence-electron chi connectivity index (χ3n) is 1.28. The van der Waals surface area contributed by atoms with E-state index in [4.69, 9.17) is 30.6 Å². The zero-order valence-electron chi connectivity index (χ0n) is 17.0. The summed E-state index contributed by atoms with van der Waals surface area (Å²) in [6.45, 7) is 2.01. The van der Waals surface area contributed by atoms with E-state index in [-0.39, 0.29) is 198 Å². The second-order valence-electron chi connectivity index (χ2n) is 3.31. The molecule has 0 heterocycles. The summed E-state index contributed by atoms with van der Waals surface area (Å²) in [7, 11) is 6.21. The molecule has 258 valence electrons. The number of aliphatic hydroxyl groups is 6. The molecule has 0 atom stereocenters. The van der Waals surface area contributed by atoms with E-state index < -0.39 is 0 Å². The van der Waals surface area contributed by atoms with Crippen LogP contribution in [0.4, 0.5) is 0 Å². The number of rotatable bonds is 9. The summed E-state index contributed by atoms with van der Waals surface area (Å²) >= 11 is 0. The van der Waals surface area contributed by atoms with Crippen molar-refractivity contribution in [1.29, 1.82) is 0 Å². The summed E-state index contributed by atoms with van der Waals surface area (Å²) in [5, 5.41) is 47.0. The quantitative estimate of drug-likeness (QED) is 0.201. The summed E-state index contributed by atoms with van der Waals surface area (Å²) in [6, 6.07) is 0. The van der Waals surface area contributed by atoms with E-state index >= 15 is 0 Å². The van der Waals surface area contributed by atoms with Gasteiger partial charge in [-0.25, -0.2) is 0 Å². The van der Waals surface area contributed by atoms with Crippen LogP contribution in [0.2, 0.25) is 0 Å². The van der Waals surface area contributed by atoms with Gasteiger partial charge in [0.1, 0.15) is 0 Å². The Hall–Kier alpha value is 2.35. The standard InChI is InChI=1S/4C3H8O2.C2H6O2.10CH4.4W/c4*1-5-3-2-4;3-1-2-4;;;;;;;;;;;;;;/h4*4H,2-3H2,1H3;3-4H,1-2H2;10*1H4;;;;. The minimum absolute atomic E-state index is 0. The molecule has 14 heteroatoms. The fourth-order valence-corrected chi connectivity index (χ4v) is 0.365. The molecule has 10 nitrogen and oxygen atoms in total. The van der Waals surface area contributed by atoms with Crippen LogP contribution in [0.15, 0.2) is 0 Å². The average Bonchev–Trinajstić information content (AvgIpc) is 2.60. The molecule has 0 aromatic carbocycles. The minimum Gasteiger partial charge on any atom is -0.394 e. The minimum atomic E-state index is -0.125. The molecule has 0 aromatic rings. The van der Waals surface area contributed by atoms with E-state index in [1.165, 1.54) is 0 Å². The summed E-state index contributed by atoms with van der Waals surface area (Å²) < 4.78 is 17.8. The molecule has 0 fully saturated rings. The predicted molar refractivity (Wildman–Crippen MR) is 157 cm³/mol. The summed E-state index contributed by atoms with van der Waals surface area (Å²) in [4.78, 5) is 0. The van der Waals surface area contributed by atoms with E-state index in [9.17, 15) is 0 Å². The molecule has 0 saturated heterocycles. The number of hydrogen-bond acceptors (Lipinski definition) is 10. The van der Waals surface area contributed by atoms with E-state index in [1.807, 2.05) is 0 Å². The first-order valence-electron chi connectivity index (χ1n) is 7.19. The number of methoxy groups -OCH3 is 4. The van der Waals surface area contributed by atoms with Gasteiger partial charge in [-0.3, -0.25) is 0 Å². The van der Waals surface area contributed by atoms with Gasteiger partial charge in [0.05, 0.1) is 66.1 Å². The Kier molecular flexibility index (Phi) is 781. The Morgan fingerprint density at radius 3 is 0.395 bits per heavy atom. The van der Waals surface area contributed by atoms with Gasteiger partial charge in [0.2, 0.25) is 0 Å². The van der Waals surface area contributed by atoms with E-state index in [0.717, 1.165) is 0 Å². The first-order valence-corrected chi connectivity index (χ1v) is 7.19. The molecular formula is C24H78O10W4. The predicted octanol–water partition coefficient (Wildman–Crippen LogP) is 3.82. The number of aliphatic hydroxyl groups excluding tert-OH is 6. The molecule has 0 aliphatic heterocycles. The molecule has 0 rings (SSSR count). The molecular weight excluding hydrogens is 1180 g/mol. The van der Waals surface area contributed by atoms with Gasteiger partial charge in [-0.05, 0) is 0 Å². The number of hydrogen-bond donors (Lipinski definition) is 6. The van der Waals surface area contributed by atoms with Crippen LogP contribution < -0.4 is 0 Å². The van der Waals surface area contributed by atoms with Gasteiger partial charge in [0.15, 0.2) is 0 Å². The largest absolute Gasteiger partial charge is 0.394 e. The summed E-state index contributed by atoms with van der Waals surface area (Å²) in [6.07, 6.45) is 0. The SMILES string of the molecule is C.C.C.C.C.C.C.C.C.C.COCCO.COCCO.COCCO.COCCO.OCCO.[W].[W].[W].[W]. The van der Waals surface area contributed by atoms with Gasteiger partial charge in [-0.2, -0.15) is 0 Å². The van der Waals surface area contributed by atoms with Gasteiger partial charge in [0, 0.05) is 113 Å². The zero-order chi connectivity index (χ0) is 19.9. The maximum absolute atomic E-state index is 7.94.